The van der Waals surface area contributed by atoms with Gasteiger partial charge in [-0.3, -0.25) is 0 Å². The maximum Gasteiger partial charge on any atom is 0.168 e. The molecule has 0 bridgehead atoms. The highest BCUT2D eigenvalue weighted by Gasteiger charge is 2.62. The Morgan fingerprint density at radius 3 is 2.26 bits per heavy atom. The maximum absolute atomic E-state index is 6.16. The molecule has 5 aliphatic rings. The van der Waals surface area contributed by atoms with E-state index in [2.05, 4.69) is 34.6 Å². The van der Waals surface area contributed by atoms with Gasteiger partial charge in [-0.25, -0.2) is 0 Å². The SMILES string of the molecule is CC(C)CCC[C@H](C)[C@@H]1CC[C@@H]2[C@@H]3CC[C@@H]4CC5(CC[C@]4(C)[C@@H]3CC[C@@]21C)OCCO5. The van der Waals surface area contributed by atoms with Crippen molar-refractivity contribution in [1.29, 1.82) is 0 Å². The van der Waals surface area contributed by atoms with Gasteiger partial charge in [-0.05, 0) is 97.2 Å². The predicted molar refractivity (Wildman–Crippen MR) is 128 cm³/mol. The molecule has 1 saturated heterocycles. The van der Waals surface area contributed by atoms with Gasteiger partial charge >= 0.3 is 0 Å². The highest BCUT2D eigenvalue weighted by molar-refractivity contribution is 5.10. The first-order chi connectivity index (χ1) is 14.8. The van der Waals surface area contributed by atoms with Crippen LogP contribution in [0.2, 0.25) is 0 Å². The zero-order chi connectivity index (χ0) is 21.9. The smallest absolute Gasteiger partial charge is 0.168 e. The third-order valence-corrected chi connectivity index (χ3v) is 11.7. The molecule has 0 unspecified atom stereocenters. The molecule has 2 nitrogen and oxygen atoms in total. The van der Waals surface area contributed by atoms with Gasteiger partial charge in [0, 0.05) is 12.8 Å². The number of rotatable bonds is 5. The van der Waals surface area contributed by atoms with Crippen LogP contribution < -0.4 is 0 Å². The molecule has 0 N–H and O–H groups in total. The molecule has 178 valence electrons. The van der Waals surface area contributed by atoms with Crippen LogP contribution in [0.1, 0.15) is 112 Å². The molecule has 5 rings (SSSR count). The molecule has 2 heteroatoms. The zero-order valence-corrected chi connectivity index (χ0v) is 21.3. The van der Waals surface area contributed by atoms with Gasteiger partial charge in [-0.15, -0.1) is 0 Å². The summed E-state index contributed by atoms with van der Waals surface area (Å²) in [4.78, 5) is 0. The Morgan fingerprint density at radius 2 is 1.52 bits per heavy atom. The first-order valence-electron chi connectivity index (χ1n) is 14.1. The lowest BCUT2D eigenvalue weighted by Gasteiger charge is -2.62. The summed E-state index contributed by atoms with van der Waals surface area (Å²) in [6.07, 6.45) is 16.9. The average molecular weight is 431 g/mol. The molecule has 8 atom stereocenters. The average Bonchev–Trinajstić information content (AvgIpc) is 3.32. The fraction of sp³-hybridized carbons (Fsp3) is 1.00. The largest absolute Gasteiger partial charge is 0.348 e. The molecule has 1 heterocycles. The summed E-state index contributed by atoms with van der Waals surface area (Å²) in [5, 5.41) is 0. The van der Waals surface area contributed by atoms with Crippen LogP contribution in [0.15, 0.2) is 0 Å². The van der Waals surface area contributed by atoms with Gasteiger partial charge in [0.25, 0.3) is 0 Å². The first-order valence-corrected chi connectivity index (χ1v) is 14.1. The van der Waals surface area contributed by atoms with Crippen LogP contribution in [0.5, 0.6) is 0 Å². The van der Waals surface area contributed by atoms with E-state index < -0.39 is 0 Å². The van der Waals surface area contributed by atoms with Crippen LogP contribution in [0.3, 0.4) is 0 Å². The Kier molecular flexibility index (Phi) is 6.08. The lowest BCUT2D eigenvalue weighted by molar-refractivity contribution is -0.229. The minimum absolute atomic E-state index is 0.204. The summed E-state index contributed by atoms with van der Waals surface area (Å²) in [5.41, 5.74) is 1.15. The Balaban J connectivity index is 1.28. The molecular weight excluding hydrogens is 380 g/mol. The van der Waals surface area contributed by atoms with E-state index in [0.717, 1.165) is 61.1 Å². The van der Waals surface area contributed by atoms with Gasteiger partial charge in [-0.2, -0.15) is 0 Å². The fourth-order valence-corrected chi connectivity index (χ4v) is 9.98. The lowest BCUT2D eigenvalue weighted by atomic mass is 9.44. The highest BCUT2D eigenvalue weighted by atomic mass is 16.7. The third kappa shape index (κ3) is 3.74. The lowest BCUT2D eigenvalue weighted by Crippen LogP contribution is -2.56. The van der Waals surface area contributed by atoms with Crippen LogP contribution in [-0.2, 0) is 9.47 Å². The van der Waals surface area contributed by atoms with Gasteiger partial charge in [0.1, 0.15) is 0 Å². The quantitative estimate of drug-likeness (QED) is 0.442. The molecule has 0 radical (unpaired) electrons. The summed E-state index contributed by atoms with van der Waals surface area (Å²) >= 11 is 0. The van der Waals surface area contributed by atoms with E-state index in [9.17, 15) is 0 Å². The van der Waals surface area contributed by atoms with E-state index in [1.807, 2.05) is 0 Å². The van der Waals surface area contributed by atoms with Crippen LogP contribution in [0.25, 0.3) is 0 Å². The second kappa shape index (κ2) is 8.30. The fourth-order valence-electron chi connectivity index (χ4n) is 9.98. The van der Waals surface area contributed by atoms with E-state index in [-0.39, 0.29) is 5.79 Å². The van der Waals surface area contributed by atoms with Crippen LogP contribution >= 0.6 is 0 Å². The molecule has 5 fully saturated rings. The highest BCUT2D eigenvalue weighted by Crippen LogP contribution is 2.69. The standard InChI is InChI=1S/C29H50O2/c1-20(2)7-6-8-21(3)24-11-12-25-23-10-9-22-19-29(30-17-18-31-29)16-15-27(22,4)26(23)13-14-28(24,25)5/h20-26H,6-19H2,1-5H3/t21-,22+,23-,24-,25+,26+,27-,28+/m0/s1. The normalized spacial score (nSPS) is 47.2. The molecule has 0 aromatic rings. The summed E-state index contributed by atoms with van der Waals surface area (Å²) in [5.74, 6) is 6.32. The van der Waals surface area contributed by atoms with Crippen molar-refractivity contribution < 1.29 is 9.47 Å². The molecule has 1 spiro atoms. The Hall–Kier alpha value is -0.0800. The van der Waals surface area contributed by atoms with Gasteiger partial charge in [0.05, 0.1) is 13.2 Å². The summed E-state index contributed by atoms with van der Waals surface area (Å²) in [6, 6.07) is 0. The van der Waals surface area contributed by atoms with Gasteiger partial charge in [0.15, 0.2) is 5.79 Å². The topological polar surface area (TPSA) is 18.5 Å². The predicted octanol–water partition coefficient (Wildman–Crippen LogP) is 7.85. The number of hydrogen-bond donors (Lipinski definition) is 0. The van der Waals surface area contributed by atoms with Crippen molar-refractivity contribution in [3.63, 3.8) is 0 Å². The van der Waals surface area contributed by atoms with Gasteiger partial charge < -0.3 is 9.47 Å². The zero-order valence-electron chi connectivity index (χ0n) is 21.3. The van der Waals surface area contributed by atoms with E-state index in [0.29, 0.717) is 10.8 Å². The number of ether oxygens (including phenoxy) is 2. The van der Waals surface area contributed by atoms with Crippen molar-refractivity contribution in [2.45, 2.75) is 117 Å². The molecule has 0 aromatic carbocycles. The molecule has 1 aliphatic heterocycles. The van der Waals surface area contributed by atoms with Crippen LogP contribution in [0.4, 0.5) is 0 Å². The molecule has 0 aromatic heterocycles. The Morgan fingerprint density at radius 1 is 0.774 bits per heavy atom. The minimum Gasteiger partial charge on any atom is -0.348 e. The first kappa shape index (κ1) is 22.7. The minimum atomic E-state index is -0.204. The second-order valence-corrected chi connectivity index (χ2v) is 13.5. The van der Waals surface area contributed by atoms with Crippen LogP contribution in [-0.4, -0.2) is 19.0 Å². The second-order valence-electron chi connectivity index (χ2n) is 13.5. The molecular formula is C29H50O2. The van der Waals surface area contributed by atoms with E-state index >= 15 is 0 Å². The van der Waals surface area contributed by atoms with Crippen molar-refractivity contribution in [1.82, 2.24) is 0 Å². The molecule has 4 aliphatic carbocycles. The summed E-state index contributed by atoms with van der Waals surface area (Å²) < 4.78 is 12.3. The van der Waals surface area contributed by atoms with Crippen LogP contribution in [0, 0.1) is 52.3 Å². The van der Waals surface area contributed by atoms with Crippen molar-refractivity contribution in [3.8, 4) is 0 Å². The van der Waals surface area contributed by atoms with E-state index in [1.54, 1.807) is 0 Å². The maximum atomic E-state index is 6.16. The summed E-state index contributed by atoms with van der Waals surface area (Å²) in [7, 11) is 0. The summed E-state index contributed by atoms with van der Waals surface area (Å²) in [6.45, 7) is 14.4. The molecule has 0 amide bonds. The number of hydrogen-bond acceptors (Lipinski definition) is 2. The Labute approximate surface area is 192 Å². The van der Waals surface area contributed by atoms with Crippen molar-refractivity contribution >= 4 is 0 Å². The molecule has 31 heavy (non-hydrogen) atoms. The monoisotopic (exact) mass is 430 g/mol. The van der Waals surface area contributed by atoms with E-state index in [1.165, 1.54) is 70.6 Å². The molecule has 4 saturated carbocycles. The number of fused-ring (bicyclic) bond motifs is 5. The van der Waals surface area contributed by atoms with Crippen molar-refractivity contribution in [3.05, 3.63) is 0 Å². The van der Waals surface area contributed by atoms with E-state index in [4.69, 9.17) is 9.47 Å². The van der Waals surface area contributed by atoms with Gasteiger partial charge in [-0.1, -0.05) is 53.9 Å². The van der Waals surface area contributed by atoms with Gasteiger partial charge in [0.2, 0.25) is 0 Å². The Bertz CT molecular complexity index is 637. The van der Waals surface area contributed by atoms with Crippen molar-refractivity contribution in [2.75, 3.05) is 13.2 Å². The third-order valence-electron chi connectivity index (χ3n) is 11.7. The van der Waals surface area contributed by atoms with Crippen molar-refractivity contribution in [2.24, 2.45) is 52.3 Å².